The van der Waals surface area contributed by atoms with Crippen molar-refractivity contribution < 1.29 is 34.8 Å². The number of carbonyl (C=O) groups excluding carboxylic acids is 1. The summed E-state index contributed by atoms with van der Waals surface area (Å²) in [6.45, 7) is 1.05. The van der Waals surface area contributed by atoms with Gasteiger partial charge in [-0.1, -0.05) is 0 Å². The zero-order valence-electron chi connectivity index (χ0n) is 19.6. The van der Waals surface area contributed by atoms with Gasteiger partial charge in [-0.05, 0) is 62.1 Å². The molecule has 2 heterocycles. The number of nitrogens with zero attached hydrogens (tertiary/aromatic N) is 2. The molecule has 198 valence electrons. The van der Waals surface area contributed by atoms with Gasteiger partial charge in [0.2, 0.25) is 10.0 Å². The first-order valence-electron chi connectivity index (χ1n) is 11.5. The number of sulfonamides is 1. The third kappa shape index (κ3) is 4.68. The molecule has 0 bridgehead atoms. The van der Waals surface area contributed by atoms with Gasteiger partial charge in [-0.15, -0.1) is 0 Å². The van der Waals surface area contributed by atoms with Crippen LogP contribution in [0, 0.1) is 24.4 Å². The minimum atomic E-state index is -4.16. The molecule has 2 fully saturated rings. The molecule has 1 aromatic heterocycles. The molecule has 0 unspecified atom stereocenters. The van der Waals surface area contributed by atoms with Crippen LogP contribution in [-0.4, -0.2) is 45.6 Å². The number of fused-ring (bicyclic) bond motifs is 1. The lowest BCUT2D eigenvalue weighted by Gasteiger charge is -2.29. The molecule has 0 spiro atoms. The molecule has 0 atom stereocenters. The van der Waals surface area contributed by atoms with E-state index >= 15 is 0 Å². The fourth-order valence-corrected chi connectivity index (χ4v) is 7.07. The predicted molar refractivity (Wildman–Crippen MR) is 130 cm³/mol. The number of amides is 1. The molecule has 0 radical (unpaired) electrons. The van der Waals surface area contributed by atoms with Crippen LogP contribution in [0.15, 0.2) is 30.3 Å². The summed E-state index contributed by atoms with van der Waals surface area (Å²) in [7, 11) is -8.23. The lowest BCUT2D eigenvalue weighted by Crippen LogP contribution is -2.48. The fraction of sp³-hybridized carbons (Fsp3) is 0.348. The quantitative estimate of drug-likeness (QED) is 0.484. The topological polar surface area (TPSA) is 118 Å². The van der Waals surface area contributed by atoms with Gasteiger partial charge >= 0.3 is 10.2 Å². The number of hydrogen-bond donors (Lipinski definition) is 2. The van der Waals surface area contributed by atoms with Crippen molar-refractivity contribution in [3.8, 4) is 0 Å². The van der Waals surface area contributed by atoms with Gasteiger partial charge in [-0.2, -0.15) is 13.1 Å². The largest absolute Gasteiger partial charge is 0.330 e. The fourth-order valence-electron chi connectivity index (χ4n) is 4.43. The van der Waals surface area contributed by atoms with Crippen LogP contribution in [0.2, 0.25) is 0 Å². The Balaban J connectivity index is 1.81. The summed E-state index contributed by atoms with van der Waals surface area (Å²) < 4.78 is 101. The standard InChI is InChI=1S/C23H23F3N4O5S2/c1-13-9-17-20(11-19(13)26)29(12-14-10-15(24)3-6-18(14)25)22(23(31)28-36(32,33)16-4-5-16)21(17)30-8-2-7-27-37(30,34)35/h3,6,9-11,16,27H,2,4-5,7-8,12H2,1H3,(H,28,31). The average Bonchev–Trinajstić information content (AvgIpc) is 3.63. The van der Waals surface area contributed by atoms with Crippen LogP contribution in [0.3, 0.4) is 0 Å². The van der Waals surface area contributed by atoms with Crippen molar-refractivity contribution in [1.29, 1.82) is 0 Å². The first kappa shape index (κ1) is 25.5. The third-order valence-corrected chi connectivity index (χ3v) is 9.76. The van der Waals surface area contributed by atoms with Gasteiger partial charge in [0.05, 0.1) is 23.0 Å². The van der Waals surface area contributed by atoms with E-state index in [0.717, 1.165) is 33.1 Å². The predicted octanol–water partition coefficient (Wildman–Crippen LogP) is 2.68. The number of hydrogen-bond acceptors (Lipinski definition) is 5. The van der Waals surface area contributed by atoms with Crippen LogP contribution >= 0.6 is 0 Å². The second-order valence-electron chi connectivity index (χ2n) is 9.14. The minimum Gasteiger partial charge on any atom is -0.330 e. The zero-order chi connectivity index (χ0) is 26.7. The molecule has 1 amide bonds. The van der Waals surface area contributed by atoms with Crippen LogP contribution in [0.1, 0.15) is 40.9 Å². The number of anilines is 1. The number of nitrogens with one attached hydrogen (secondary N) is 2. The van der Waals surface area contributed by atoms with Gasteiger partial charge in [-0.25, -0.2) is 26.3 Å². The summed E-state index contributed by atoms with van der Waals surface area (Å²) in [5, 5.41) is -0.629. The Bertz CT molecular complexity index is 1650. The molecule has 37 heavy (non-hydrogen) atoms. The zero-order valence-corrected chi connectivity index (χ0v) is 21.2. The Labute approximate surface area is 211 Å². The molecule has 5 rings (SSSR count). The molecule has 9 nitrogen and oxygen atoms in total. The highest BCUT2D eigenvalue weighted by atomic mass is 32.2. The third-order valence-electron chi connectivity index (χ3n) is 6.43. The molecule has 2 aliphatic rings. The Morgan fingerprint density at radius 3 is 2.54 bits per heavy atom. The maximum absolute atomic E-state index is 14.7. The van der Waals surface area contributed by atoms with Crippen molar-refractivity contribution in [3.63, 3.8) is 0 Å². The number of benzene rings is 2. The summed E-state index contributed by atoms with van der Waals surface area (Å²) >= 11 is 0. The van der Waals surface area contributed by atoms with E-state index in [9.17, 15) is 34.8 Å². The van der Waals surface area contributed by atoms with Crippen LogP contribution in [-0.2, 0) is 26.8 Å². The average molecular weight is 557 g/mol. The number of halogens is 3. The van der Waals surface area contributed by atoms with Crippen molar-refractivity contribution in [2.75, 3.05) is 17.4 Å². The molecule has 2 N–H and O–H groups in total. The summed E-state index contributed by atoms with van der Waals surface area (Å²) in [6, 6.07) is 5.09. The SMILES string of the molecule is Cc1cc2c(N3CCCNS3(=O)=O)c(C(=O)NS(=O)(=O)C3CC3)n(Cc3cc(F)ccc3F)c2cc1F. The van der Waals surface area contributed by atoms with Crippen molar-refractivity contribution in [2.24, 2.45) is 0 Å². The molecule has 1 aliphatic heterocycles. The van der Waals surface area contributed by atoms with Gasteiger partial charge < -0.3 is 4.57 Å². The van der Waals surface area contributed by atoms with Crippen LogP contribution < -0.4 is 13.7 Å². The molecule has 3 aromatic rings. The van der Waals surface area contributed by atoms with Crippen LogP contribution in [0.25, 0.3) is 10.9 Å². The second-order valence-corrected chi connectivity index (χ2v) is 12.8. The van der Waals surface area contributed by atoms with E-state index in [4.69, 9.17) is 0 Å². The summed E-state index contributed by atoms with van der Waals surface area (Å²) in [4.78, 5) is 13.6. The van der Waals surface area contributed by atoms with Gasteiger partial charge in [0, 0.05) is 24.0 Å². The van der Waals surface area contributed by atoms with Crippen molar-refractivity contribution >= 4 is 42.7 Å². The lowest BCUT2D eigenvalue weighted by atomic mass is 10.1. The highest BCUT2D eigenvalue weighted by molar-refractivity contribution is 7.91. The summed E-state index contributed by atoms with van der Waals surface area (Å²) in [6.07, 6.45) is 1.09. The van der Waals surface area contributed by atoms with E-state index in [2.05, 4.69) is 4.72 Å². The highest BCUT2D eigenvalue weighted by Gasteiger charge is 2.40. The number of rotatable bonds is 6. The van der Waals surface area contributed by atoms with Gasteiger partial charge in [0.1, 0.15) is 23.1 Å². The van der Waals surface area contributed by atoms with E-state index in [0.29, 0.717) is 19.3 Å². The van der Waals surface area contributed by atoms with Crippen LogP contribution in [0.4, 0.5) is 18.9 Å². The molecule has 2 aromatic carbocycles. The molecular formula is C23H23F3N4O5S2. The van der Waals surface area contributed by atoms with E-state index < -0.39 is 61.1 Å². The maximum Gasteiger partial charge on any atom is 0.301 e. The van der Waals surface area contributed by atoms with Gasteiger partial charge in [-0.3, -0.25) is 9.10 Å². The van der Waals surface area contributed by atoms with Crippen LogP contribution in [0.5, 0.6) is 0 Å². The molecule has 1 aliphatic carbocycles. The van der Waals surface area contributed by atoms with E-state index in [1.807, 2.05) is 4.72 Å². The number of aromatic nitrogens is 1. The first-order chi connectivity index (χ1) is 17.4. The molecular weight excluding hydrogens is 533 g/mol. The van der Waals surface area contributed by atoms with Crippen molar-refractivity contribution in [3.05, 3.63) is 64.6 Å². The molecule has 14 heteroatoms. The second kappa shape index (κ2) is 9.03. The minimum absolute atomic E-state index is 0.0107. The van der Waals surface area contributed by atoms with Crippen molar-refractivity contribution in [1.82, 2.24) is 14.0 Å². The Hall–Kier alpha value is -3.10. The van der Waals surface area contributed by atoms with Crippen molar-refractivity contribution in [2.45, 2.75) is 38.0 Å². The summed E-state index contributed by atoms with van der Waals surface area (Å²) in [5.74, 6) is -3.43. The van der Waals surface area contributed by atoms with E-state index in [1.165, 1.54) is 13.0 Å². The number of aryl methyl sites for hydroxylation is 1. The van der Waals surface area contributed by atoms with E-state index in [-0.39, 0.29) is 40.8 Å². The van der Waals surface area contributed by atoms with E-state index in [1.54, 1.807) is 0 Å². The Morgan fingerprint density at radius 2 is 1.86 bits per heavy atom. The Kier molecular flexibility index (Phi) is 6.23. The normalized spacial score (nSPS) is 17.8. The lowest BCUT2D eigenvalue weighted by molar-refractivity contribution is 0.0973. The first-order valence-corrected chi connectivity index (χ1v) is 14.5. The highest BCUT2D eigenvalue weighted by Crippen LogP contribution is 2.39. The Morgan fingerprint density at radius 1 is 1.14 bits per heavy atom. The summed E-state index contributed by atoms with van der Waals surface area (Å²) in [5.41, 5.74) is -0.659. The van der Waals surface area contributed by atoms with Gasteiger partial charge in [0.15, 0.2) is 0 Å². The number of carbonyl (C=O) groups is 1. The monoisotopic (exact) mass is 556 g/mol. The maximum atomic E-state index is 14.7. The van der Waals surface area contributed by atoms with Gasteiger partial charge in [0.25, 0.3) is 5.91 Å². The smallest absolute Gasteiger partial charge is 0.301 e. The molecule has 1 saturated carbocycles. The molecule has 1 saturated heterocycles.